The number of hydrogen-bond acceptors (Lipinski definition) is 3. The highest BCUT2D eigenvalue weighted by Crippen LogP contribution is 2.29. The number of rotatable bonds is 4. The molecule has 0 fully saturated rings. The molecular weight excluding hydrogens is 178 g/mol. The van der Waals surface area contributed by atoms with Crippen LogP contribution in [0.15, 0.2) is 18.2 Å². The predicted octanol–water partition coefficient (Wildman–Crippen LogP) is 1.77. The van der Waals surface area contributed by atoms with Gasteiger partial charge in [-0.05, 0) is 24.1 Å². The van der Waals surface area contributed by atoms with Crippen molar-refractivity contribution < 1.29 is 9.47 Å². The number of methoxy groups -OCH3 is 2. The molecule has 1 aromatic carbocycles. The molecule has 0 heterocycles. The third kappa shape index (κ3) is 2.17. The molecule has 1 atom stereocenters. The third-order valence-electron chi connectivity index (χ3n) is 2.33. The van der Waals surface area contributed by atoms with E-state index in [9.17, 15) is 0 Å². The van der Waals surface area contributed by atoms with Crippen LogP contribution in [-0.2, 0) is 0 Å². The highest BCUT2D eigenvalue weighted by molar-refractivity contribution is 5.42. The van der Waals surface area contributed by atoms with E-state index in [0.717, 1.165) is 17.1 Å². The van der Waals surface area contributed by atoms with Gasteiger partial charge in [0.2, 0.25) is 0 Å². The van der Waals surface area contributed by atoms with E-state index in [1.165, 1.54) is 0 Å². The Kier molecular flexibility index (Phi) is 3.77. The number of nitrogens with two attached hydrogens (primary N) is 1. The predicted molar refractivity (Wildman–Crippen MR) is 57.0 cm³/mol. The number of hydrogen-bond donors (Lipinski definition) is 1. The highest BCUT2D eigenvalue weighted by Gasteiger charge is 2.10. The van der Waals surface area contributed by atoms with E-state index in [1.54, 1.807) is 14.2 Å². The molecule has 1 aromatic rings. The molecule has 0 radical (unpaired) electrons. The Balaban J connectivity index is 3.04. The summed E-state index contributed by atoms with van der Waals surface area (Å²) in [5.41, 5.74) is 6.73. The maximum atomic E-state index is 5.61. The lowest BCUT2D eigenvalue weighted by Crippen LogP contribution is -2.10. The van der Waals surface area contributed by atoms with Crippen molar-refractivity contribution >= 4 is 0 Å². The molecule has 3 heteroatoms. The molecule has 0 aliphatic rings. The van der Waals surface area contributed by atoms with Crippen molar-refractivity contribution in [2.75, 3.05) is 20.8 Å². The van der Waals surface area contributed by atoms with E-state index in [1.807, 2.05) is 18.2 Å². The zero-order valence-electron chi connectivity index (χ0n) is 8.91. The molecule has 3 nitrogen and oxygen atoms in total. The molecular formula is C11H17NO2. The smallest absolute Gasteiger partial charge is 0.126 e. The summed E-state index contributed by atoms with van der Waals surface area (Å²) in [6.45, 7) is 2.69. The monoisotopic (exact) mass is 195 g/mol. The topological polar surface area (TPSA) is 44.5 Å². The van der Waals surface area contributed by atoms with Crippen LogP contribution in [0.25, 0.3) is 0 Å². The quantitative estimate of drug-likeness (QED) is 0.796. The second-order valence-electron chi connectivity index (χ2n) is 3.24. The summed E-state index contributed by atoms with van der Waals surface area (Å²) in [4.78, 5) is 0. The summed E-state index contributed by atoms with van der Waals surface area (Å²) >= 11 is 0. The summed E-state index contributed by atoms with van der Waals surface area (Å²) < 4.78 is 10.4. The molecule has 0 aromatic heterocycles. The van der Waals surface area contributed by atoms with E-state index < -0.39 is 0 Å². The molecule has 1 unspecified atom stereocenters. The zero-order valence-corrected chi connectivity index (χ0v) is 8.91. The van der Waals surface area contributed by atoms with E-state index >= 15 is 0 Å². The maximum absolute atomic E-state index is 5.61. The van der Waals surface area contributed by atoms with Gasteiger partial charge in [0.25, 0.3) is 0 Å². The molecule has 0 spiro atoms. The first-order valence-corrected chi connectivity index (χ1v) is 4.65. The molecule has 0 saturated carbocycles. The van der Waals surface area contributed by atoms with Crippen LogP contribution in [-0.4, -0.2) is 20.8 Å². The van der Waals surface area contributed by atoms with Gasteiger partial charge in [0, 0.05) is 6.07 Å². The van der Waals surface area contributed by atoms with Gasteiger partial charge in [-0.1, -0.05) is 13.0 Å². The highest BCUT2D eigenvalue weighted by atomic mass is 16.5. The molecule has 2 N–H and O–H groups in total. The fourth-order valence-electron chi connectivity index (χ4n) is 1.35. The van der Waals surface area contributed by atoms with Gasteiger partial charge in [0.1, 0.15) is 11.5 Å². The molecule has 0 bridgehead atoms. The van der Waals surface area contributed by atoms with Crippen LogP contribution >= 0.6 is 0 Å². The van der Waals surface area contributed by atoms with Gasteiger partial charge in [-0.25, -0.2) is 0 Å². The summed E-state index contributed by atoms with van der Waals surface area (Å²) in [6, 6.07) is 5.79. The average Bonchev–Trinajstić information content (AvgIpc) is 2.27. The molecule has 0 aliphatic heterocycles. The zero-order chi connectivity index (χ0) is 10.6. The molecule has 14 heavy (non-hydrogen) atoms. The summed E-state index contributed by atoms with van der Waals surface area (Å²) in [5, 5.41) is 0. The molecule has 0 saturated heterocycles. The third-order valence-corrected chi connectivity index (χ3v) is 2.33. The van der Waals surface area contributed by atoms with Gasteiger partial charge in [-0.3, -0.25) is 0 Å². The first-order chi connectivity index (χ1) is 6.72. The Hall–Kier alpha value is -1.22. The fourth-order valence-corrected chi connectivity index (χ4v) is 1.35. The Morgan fingerprint density at radius 2 is 2.00 bits per heavy atom. The molecule has 78 valence electrons. The van der Waals surface area contributed by atoms with Crippen molar-refractivity contribution in [3.8, 4) is 11.5 Å². The van der Waals surface area contributed by atoms with E-state index in [0.29, 0.717) is 12.5 Å². The molecule has 1 rings (SSSR count). The SMILES string of the molecule is COc1ccc(C(C)CN)c(OC)c1. The van der Waals surface area contributed by atoms with Crippen LogP contribution in [0.1, 0.15) is 18.4 Å². The average molecular weight is 195 g/mol. The van der Waals surface area contributed by atoms with Gasteiger partial charge in [-0.15, -0.1) is 0 Å². The van der Waals surface area contributed by atoms with Crippen molar-refractivity contribution in [1.29, 1.82) is 0 Å². The minimum absolute atomic E-state index is 0.302. The maximum Gasteiger partial charge on any atom is 0.126 e. The molecule has 0 amide bonds. The van der Waals surface area contributed by atoms with Gasteiger partial charge < -0.3 is 15.2 Å². The summed E-state index contributed by atoms with van der Waals surface area (Å²) in [6.07, 6.45) is 0. The first kappa shape index (κ1) is 10.9. The largest absolute Gasteiger partial charge is 0.497 e. The minimum Gasteiger partial charge on any atom is -0.497 e. The Morgan fingerprint density at radius 3 is 2.50 bits per heavy atom. The van der Waals surface area contributed by atoms with Crippen LogP contribution in [0.2, 0.25) is 0 Å². The van der Waals surface area contributed by atoms with Crippen molar-refractivity contribution in [1.82, 2.24) is 0 Å². The van der Waals surface area contributed by atoms with E-state index in [-0.39, 0.29) is 0 Å². The van der Waals surface area contributed by atoms with Crippen molar-refractivity contribution in [3.63, 3.8) is 0 Å². The second-order valence-corrected chi connectivity index (χ2v) is 3.24. The van der Waals surface area contributed by atoms with Crippen LogP contribution in [0.5, 0.6) is 11.5 Å². The van der Waals surface area contributed by atoms with Gasteiger partial charge in [-0.2, -0.15) is 0 Å². The van der Waals surface area contributed by atoms with Crippen LogP contribution in [0.3, 0.4) is 0 Å². The van der Waals surface area contributed by atoms with Gasteiger partial charge >= 0.3 is 0 Å². The minimum atomic E-state index is 0.302. The number of benzene rings is 1. The summed E-state index contributed by atoms with van der Waals surface area (Å²) in [5.74, 6) is 1.94. The van der Waals surface area contributed by atoms with E-state index in [2.05, 4.69) is 6.92 Å². The molecule has 0 aliphatic carbocycles. The first-order valence-electron chi connectivity index (χ1n) is 4.65. The van der Waals surface area contributed by atoms with Crippen LogP contribution < -0.4 is 15.2 Å². The fraction of sp³-hybridized carbons (Fsp3) is 0.455. The number of ether oxygens (including phenoxy) is 2. The lowest BCUT2D eigenvalue weighted by molar-refractivity contribution is 0.389. The van der Waals surface area contributed by atoms with E-state index in [4.69, 9.17) is 15.2 Å². The van der Waals surface area contributed by atoms with Crippen molar-refractivity contribution in [2.45, 2.75) is 12.8 Å². The van der Waals surface area contributed by atoms with Crippen molar-refractivity contribution in [2.24, 2.45) is 5.73 Å². The lowest BCUT2D eigenvalue weighted by atomic mass is 10.0. The van der Waals surface area contributed by atoms with Gasteiger partial charge in [0.05, 0.1) is 14.2 Å². The summed E-state index contributed by atoms with van der Waals surface area (Å²) in [7, 11) is 3.29. The Morgan fingerprint density at radius 1 is 1.29 bits per heavy atom. The second kappa shape index (κ2) is 4.86. The standard InChI is InChI=1S/C11H17NO2/c1-8(7-12)10-5-4-9(13-2)6-11(10)14-3/h4-6,8H,7,12H2,1-3H3. The normalized spacial score (nSPS) is 12.3. The lowest BCUT2D eigenvalue weighted by Gasteiger charge is -2.14. The van der Waals surface area contributed by atoms with Gasteiger partial charge in [0.15, 0.2) is 0 Å². The Labute approximate surface area is 84.8 Å². The van der Waals surface area contributed by atoms with Crippen molar-refractivity contribution in [3.05, 3.63) is 23.8 Å². The van der Waals surface area contributed by atoms with Crippen LogP contribution in [0.4, 0.5) is 0 Å². The Bertz CT molecular complexity index is 299. The van der Waals surface area contributed by atoms with Crippen LogP contribution in [0, 0.1) is 0 Å².